The number of rotatable bonds is 12. The van der Waals surface area contributed by atoms with Gasteiger partial charge in [-0.3, -0.25) is 14.3 Å². The number of aromatic nitrogens is 4. The van der Waals surface area contributed by atoms with E-state index in [1.54, 1.807) is 60.6 Å². The monoisotopic (exact) mass is 532 g/mol. The van der Waals surface area contributed by atoms with Crippen molar-refractivity contribution in [1.82, 2.24) is 19.7 Å². The van der Waals surface area contributed by atoms with E-state index in [2.05, 4.69) is 33.6 Å². The summed E-state index contributed by atoms with van der Waals surface area (Å²) in [4.78, 5) is 16.5. The number of unbranched alkanes of at least 4 members (excludes halogenated alkanes) is 1. The molecule has 37 heavy (non-hydrogen) atoms. The molecule has 0 saturated heterocycles. The molecule has 6 nitrogen and oxygen atoms in total. The van der Waals surface area contributed by atoms with Crippen LogP contribution in [0.2, 0.25) is 5.02 Å². The van der Waals surface area contributed by atoms with Gasteiger partial charge in [0.05, 0.1) is 6.61 Å². The van der Waals surface area contributed by atoms with Crippen molar-refractivity contribution < 1.29 is 9.53 Å². The summed E-state index contributed by atoms with van der Waals surface area (Å²) in [6.07, 6.45) is 8.80. The molecule has 0 spiro atoms. The zero-order valence-corrected chi connectivity index (χ0v) is 22.5. The number of carbonyl (C=O) groups excluding carboxylic acids is 1. The molecule has 0 radical (unpaired) electrons. The van der Waals surface area contributed by atoms with Gasteiger partial charge in [-0.15, -0.1) is 10.2 Å². The van der Waals surface area contributed by atoms with Crippen molar-refractivity contribution in [2.24, 2.45) is 0 Å². The first-order valence-corrected chi connectivity index (χ1v) is 13.6. The Morgan fingerprint density at radius 1 is 1.00 bits per heavy atom. The maximum Gasteiger partial charge on any atom is 0.191 e. The van der Waals surface area contributed by atoms with E-state index in [9.17, 15) is 4.79 Å². The van der Waals surface area contributed by atoms with Crippen molar-refractivity contribution in [3.63, 3.8) is 0 Å². The maximum atomic E-state index is 12.4. The first kappa shape index (κ1) is 26.6. The number of nitrogens with zero attached hydrogens (tertiary/aromatic N) is 4. The fraction of sp³-hybridized carbons (Fsp3) is 0.241. The highest BCUT2D eigenvalue weighted by Crippen LogP contribution is 2.28. The topological polar surface area (TPSA) is 69.9 Å². The van der Waals surface area contributed by atoms with Crippen LogP contribution in [0, 0.1) is 0 Å². The molecule has 8 heteroatoms. The Balaban J connectivity index is 1.20. The van der Waals surface area contributed by atoms with Crippen LogP contribution in [0.4, 0.5) is 0 Å². The molecule has 0 unspecified atom stereocenters. The molecule has 0 saturated carbocycles. The van der Waals surface area contributed by atoms with Crippen molar-refractivity contribution >= 4 is 35.2 Å². The Hall–Kier alpha value is -3.42. The average molecular weight is 533 g/mol. The molecule has 0 N–H and O–H groups in total. The van der Waals surface area contributed by atoms with Crippen LogP contribution in [0.5, 0.6) is 5.75 Å². The van der Waals surface area contributed by atoms with E-state index >= 15 is 0 Å². The van der Waals surface area contributed by atoms with Gasteiger partial charge in [0.15, 0.2) is 16.8 Å². The summed E-state index contributed by atoms with van der Waals surface area (Å²) >= 11 is 7.61. The van der Waals surface area contributed by atoms with Crippen LogP contribution in [0.25, 0.3) is 17.5 Å². The van der Waals surface area contributed by atoms with Gasteiger partial charge in [0, 0.05) is 40.3 Å². The second kappa shape index (κ2) is 13.2. The van der Waals surface area contributed by atoms with Crippen LogP contribution in [-0.2, 0) is 0 Å². The second-order valence-corrected chi connectivity index (χ2v) is 10.2. The number of benzene rings is 2. The standard InChI is InChI=1S/C29H29ClN4O2S/c1-21(2)34-28(24-15-17-31-18-16-24)32-33-29(34)37-20-4-3-19-36-26-12-8-23(9-13-26)27(35)14-7-22-5-10-25(30)11-6-22/h5-18,21H,3-4,19-20H2,1-2H3/b14-7+. The summed E-state index contributed by atoms with van der Waals surface area (Å²) in [6, 6.07) is 18.8. The lowest BCUT2D eigenvalue weighted by Gasteiger charge is -2.13. The molecule has 0 bridgehead atoms. The van der Waals surface area contributed by atoms with Gasteiger partial charge in [0.2, 0.25) is 0 Å². The summed E-state index contributed by atoms with van der Waals surface area (Å²) in [7, 11) is 0. The van der Waals surface area contributed by atoms with Crippen LogP contribution in [0.3, 0.4) is 0 Å². The van der Waals surface area contributed by atoms with E-state index in [0.717, 1.165) is 46.5 Å². The van der Waals surface area contributed by atoms with Gasteiger partial charge in [-0.1, -0.05) is 41.6 Å². The lowest BCUT2D eigenvalue weighted by atomic mass is 10.1. The molecule has 0 atom stereocenters. The lowest BCUT2D eigenvalue weighted by Crippen LogP contribution is -2.05. The third-order valence-corrected chi connectivity index (χ3v) is 6.88. The molecule has 0 amide bonds. The van der Waals surface area contributed by atoms with Crippen molar-refractivity contribution in [2.75, 3.05) is 12.4 Å². The zero-order chi connectivity index (χ0) is 26.0. The van der Waals surface area contributed by atoms with Gasteiger partial charge in [-0.25, -0.2) is 0 Å². The van der Waals surface area contributed by atoms with E-state index in [-0.39, 0.29) is 11.8 Å². The van der Waals surface area contributed by atoms with Gasteiger partial charge in [0.25, 0.3) is 0 Å². The van der Waals surface area contributed by atoms with E-state index < -0.39 is 0 Å². The molecule has 0 aliphatic rings. The van der Waals surface area contributed by atoms with Crippen molar-refractivity contribution in [2.45, 2.75) is 37.9 Å². The van der Waals surface area contributed by atoms with Gasteiger partial charge in [-0.05, 0) is 86.9 Å². The fourth-order valence-corrected chi connectivity index (χ4v) is 4.85. The largest absolute Gasteiger partial charge is 0.494 e. The molecule has 190 valence electrons. The van der Waals surface area contributed by atoms with Crippen LogP contribution >= 0.6 is 23.4 Å². The number of thioether (sulfide) groups is 1. The minimum atomic E-state index is -0.0557. The summed E-state index contributed by atoms with van der Waals surface area (Å²) in [5.74, 6) is 2.50. The van der Waals surface area contributed by atoms with Crippen LogP contribution in [-0.4, -0.2) is 37.9 Å². The molecule has 4 aromatic rings. The van der Waals surface area contributed by atoms with Crippen molar-refractivity contribution in [3.05, 3.63) is 95.3 Å². The third-order valence-electron chi connectivity index (χ3n) is 5.59. The predicted octanol–water partition coefficient (Wildman–Crippen LogP) is 7.42. The highest BCUT2D eigenvalue weighted by molar-refractivity contribution is 7.99. The Morgan fingerprint density at radius 2 is 1.73 bits per heavy atom. The Morgan fingerprint density at radius 3 is 2.43 bits per heavy atom. The third kappa shape index (κ3) is 7.54. The molecule has 4 rings (SSSR count). The molecule has 0 aliphatic heterocycles. The molecular weight excluding hydrogens is 504 g/mol. The fourth-order valence-electron chi connectivity index (χ4n) is 3.65. The van der Waals surface area contributed by atoms with Gasteiger partial charge in [0.1, 0.15) is 5.75 Å². The van der Waals surface area contributed by atoms with E-state index in [1.807, 2.05) is 36.4 Å². The number of carbonyl (C=O) groups is 1. The lowest BCUT2D eigenvalue weighted by molar-refractivity contribution is 0.104. The normalized spacial score (nSPS) is 11.4. The van der Waals surface area contributed by atoms with Crippen molar-refractivity contribution in [1.29, 1.82) is 0 Å². The summed E-state index contributed by atoms with van der Waals surface area (Å²) < 4.78 is 8.04. The minimum absolute atomic E-state index is 0.0557. The molecule has 0 fully saturated rings. The van der Waals surface area contributed by atoms with E-state index in [0.29, 0.717) is 17.2 Å². The highest BCUT2D eigenvalue weighted by Gasteiger charge is 2.16. The van der Waals surface area contributed by atoms with E-state index in [4.69, 9.17) is 16.3 Å². The van der Waals surface area contributed by atoms with Gasteiger partial charge in [-0.2, -0.15) is 0 Å². The zero-order valence-electron chi connectivity index (χ0n) is 20.9. The first-order valence-electron chi connectivity index (χ1n) is 12.2. The maximum absolute atomic E-state index is 12.4. The average Bonchev–Trinajstić information content (AvgIpc) is 3.35. The molecular formula is C29H29ClN4O2S. The quantitative estimate of drug-likeness (QED) is 0.0818. The van der Waals surface area contributed by atoms with Crippen LogP contribution in [0.15, 0.2) is 84.3 Å². The summed E-state index contributed by atoms with van der Waals surface area (Å²) in [5.41, 5.74) is 2.56. The molecule has 2 heterocycles. The SMILES string of the molecule is CC(C)n1c(SCCCCOc2ccc(C(=O)/C=C/c3ccc(Cl)cc3)cc2)nnc1-c1ccncc1. The summed E-state index contributed by atoms with van der Waals surface area (Å²) in [6.45, 7) is 4.89. The van der Waals surface area contributed by atoms with Crippen LogP contribution in [0.1, 0.15) is 48.7 Å². The Labute approximate surface area is 226 Å². The van der Waals surface area contributed by atoms with Gasteiger partial charge < -0.3 is 4.74 Å². The number of ketones is 1. The highest BCUT2D eigenvalue weighted by atomic mass is 35.5. The summed E-state index contributed by atoms with van der Waals surface area (Å²) in [5, 5.41) is 10.4. The Kier molecular flexibility index (Phi) is 9.52. The van der Waals surface area contributed by atoms with E-state index in [1.165, 1.54) is 0 Å². The molecule has 2 aromatic carbocycles. The van der Waals surface area contributed by atoms with Crippen LogP contribution < -0.4 is 4.74 Å². The minimum Gasteiger partial charge on any atom is -0.494 e. The molecule has 0 aliphatic carbocycles. The molecule has 2 aromatic heterocycles. The second-order valence-electron chi connectivity index (χ2n) is 8.68. The number of halogens is 1. The Bertz CT molecular complexity index is 1320. The number of pyridine rings is 1. The predicted molar refractivity (Wildman–Crippen MR) is 150 cm³/mol. The number of hydrogen-bond acceptors (Lipinski definition) is 6. The first-order chi connectivity index (χ1) is 18.0. The number of ether oxygens (including phenoxy) is 1. The smallest absolute Gasteiger partial charge is 0.191 e. The van der Waals surface area contributed by atoms with Gasteiger partial charge >= 0.3 is 0 Å². The number of hydrogen-bond donors (Lipinski definition) is 0. The van der Waals surface area contributed by atoms with Crippen molar-refractivity contribution in [3.8, 4) is 17.1 Å². The number of allylic oxidation sites excluding steroid dienone is 1.